The molecule has 1 aliphatic heterocycles. The molecule has 2 nitrogen and oxygen atoms in total. The third-order valence-electron chi connectivity index (χ3n) is 2.73. The molecule has 2 aliphatic rings. The maximum Gasteiger partial charge on any atom is 0.104 e. The van der Waals surface area contributed by atoms with E-state index in [9.17, 15) is 0 Å². The lowest BCUT2D eigenvalue weighted by Gasteiger charge is -2.32. The van der Waals surface area contributed by atoms with Crippen molar-refractivity contribution in [3.05, 3.63) is 23.8 Å². The van der Waals surface area contributed by atoms with Gasteiger partial charge >= 0.3 is 0 Å². The highest BCUT2D eigenvalue weighted by Gasteiger charge is 2.31. The first-order chi connectivity index (χ1) is 6.58. The molecule has 0 aromatic rings. The minimum Gasteiger partial charge on any atom is -0.371 e. The van der Waals surface area contributed by atoms with Crippen molar-refractivity contribution in [2.75, 3.05) is 13.2 Å². The van der Waals surface area contributed by atoms with Gasteiger partial charge in [-0.05, 0) is 6.92 Å². The Bertz CT molecular complexity index is 272. The van der Waals surface area contributed by atoms with Crippen LogP contribution in [0, 0.1) is 5.41 Å². The molecule has 1 fully saturated rings. The molecule has 78 valence electrons. The van der Waals surface area contributed by atoms with E-state index in [1.54, 1.807) is 0 Å². The summed E-state index contributed by atoms with van der Waals surface area (Å²) in [7, 11) is 0. The van der Waals surface area contributed by atoms with Gasteiger partial charge in [0.25, 0.3) is 0 Å². The third kappa shape index (κ3) is 2.25. The first kappa shape index (κ1) is 9.94. The van der Waals surface area contributed by atoms with Crippen molar-refractivity contribution in [2.24, 2.45) is 5.41 Å². The van der Waals surface area contributed by atoms with E-state index in [-0.39, 0.29) is 11.5 Å². The smallest absolute Gasteiger partial charge is 0.104 e. The van der Waals surface area contributed by atoms with Gasteiger partial charge in [-0.3, -0.25) is 0 Å². The zero-order valence-electron chi connectivity index (χ0n) is 9.12. The van der Waals surface area contributed by atoms with Gasteiger partial charge < -0.3 is 9.47 Å². The van der Waals surface area contributed by atoms with Crippen molar-refractivity contribution < 1.29 is 9.47 Å². The van der Waals surface area contributed by atoms with E-state index in [0.717, 1.165) is 13.2 Å². The van der Waals surface area contributed by atoms with E-state index >= 15 is 0 Å². The molecule has 2 heteroatoms. The second kappa shape index (κ2) is 3.52. The molecule has 2 unspecified atom stereocenters. The zero-order chi connectivity index (χ0) is 10.2. The van der Waals surface area contributed by atoms with E-state index in [4.69, 9.17) is 9.47 Å². The second-order valence-electron chi connectivity index (χ2n) is 4.78. The second-order valence-corrected chi connectivity index (χ2v) is 4.78. The van der Waals surface area contributed by atoms with Crippen molar-refractivity contribution in [1.29, 1.82) is 0 Å². The highest BCUT2D eigenvalue weighted by atomic mass is 16.6. The fourth-order valence-corrected chi connectivity index (χ4v) is 1.85. The molecule has 0 N–H and O–H groups in total. The van der Waals surface area contributed by atoms with Gasteiger partial charge in [0.15, 0.2) is 0 Å². The lowest BCUT2D eigenvalue weighted by atomic mass is 9.81. The van der Waals surface area contributed by atoms with Crippen LogP contribution in [0.4, 0.5) is 0 Å². The Hall–Kier alpha value is -0.600. The molecule has 0 bridgehead atoms. The van der Waals surface area contributed by atoms with E-state index in [2.05, 4.69) is 39.0 Å². The number of hydrogen-bond acceptors (Lipinski definition) is 2. The summed E-state index contributed by atoms with van der Waals surface area (Å²) in [5.41, 5.74) is 1.42. The molecule has 1 heterocycles. The van der Waals surface area contributed by atoms with E-state index in [1.807, 2.05) is 0 Å². The van der Waals surface area contributed by atoms with Gasteiger partial charge in [-0.2, -0.15) is 0 Å². The monoisotopic (exact) mass is 194 g/mol. The predicted octanol–water partition coefficient (Wildman–Crippen LogP) is 2.31. The van der Waals surface area contributed by atoms with Gasteiger partial charge in [-0.1, -0.05) is 37.6 Å². The Morgan fingerprint density at radius 3 is 2.86 bits per heavy atom. The van der Waals surface area contributed by atoms with Crippen LogP contribution in [-0.2, 0) is 9.47 Å². The SMILES string of the molecule is CC1=CC(C)(C)C(OCC2CO2)C=C1. The Kier molecular flexibility index (Phi) is 2.50. The average Bonchev–Trinajstić information content (AvgIpc) is 2.84. The zero-order valence-corrected chi connectivity index (χ0v) is 9.12. The lowest BCUT2D eigenvalue weighted by Crippen LogP contribution is -2.31. The molecule has 14 heavy (non-hydrogen) atoms. The summed E-state index contributed by atoms with van der Waals surface area (Å²) >= 11 is 0. The van der Waals surface area contributed by atoms with Crippen LogP contribution in [0.5, 0.6) is 0 Å². The predicted molar refractivity (Wildman–Crippen MR) is 56.2 cm³/mol. The van der Waals surface area contributed by atoms with Crippen LogP contribution in [0.25, 0.3) is 0 Å². The van der Waals surface area contributed by atoms with Crippen LogP contribution in [0.3, 0.4) is 0 Å². The normalized spacial score (nSPS) is 34.1. The molecule has 0 amide bonds. The largest absolute Gasteiger partial charge is 0.371 e. The van der Waals surface area contributed by atoms with Crippen LogP contribution >= 0.6 is 0 Å². The molecular formula is C12H18O2. The van der Waals surface area contributed by atoms with Crippen LogP contribution in [-0.4, -0.2) is 25.4 Å². The average molecular weight is 194 g/mol. The summed E-state index contributed by atoms with van der Waals surface area (Å²) in [4.78, 5) is 0. The van der Waals surface area contributed by atoms with Crippen LogP contribution in [0.1, 0.15) is 20.8 Å². The Balaban J connectivity index is 1.94. The Morgan fingerprint density at radius 2 is 2.29 bits per heavy atom. The molecular weight excluding hydrogens is 176 g/mol. The summed E-state index contributed by atoms with van der Waals surface area (Å²) in [6, 6.07) is 0. The molecule has 1 saturated heterocycles. The Labute approximate surface area is 85.6 Å². The van der Waals surface area contributed by atoms with E-state index < -0.39 is 0 Å². The van der Waals surface area contributed by atoms with Gasteiger partial charge in [-0.15, -0.1) is 0 Å². The fraction of sp³-hybridized carbons (Fsp3) is 0.667. The van der Waals surface area contributed by atoms with Crippen LogP contribution in [0.15, 0.2) is 23.8 Å². The standard InChI is InChI=1S/C12H18O2/c1-9-4-5-11(12(2,3)6-9)14-8-10-7-13-10/h4-6,10-11H,7-8H2,1-3H3. The maximum absolute atomic E-state index is 5.81. The quantitative estimate of drug-likeness (QED) is 0.643. The van der Waals surface area contributed by atoms with Gasteiger partial charge in [0.2, 0.25) is 0 Å². The van der Waals surface area contributed by atoms with Gasteiger partial charge in [0.05, 0.1) is 19.3 Å². The first-order valence-electron chi connectivity index (χ1n) is 5.19. The number of rotatable bonds is 3. The first-order valence-corrected chi connectivity index (χ1v) is 5.19. The number of allylic oxidation sites excluding steroid dienone is 2. The highest BCUT2D eigenvalue weighted by molar-refractivity contribution is 5.27. The highest BCUT2D eigenvalue weighted by Crippen LogP contribution is 2.32. The number of hydrogen-bond donors (Lipinski definition) is 0. The van der Waals surface area contributed by atoms with Crippen molar-refractivity contribution in [3.63, 3.8) is 0 Å². The van der Waals surface area contributed by atoms with Gasteiger partial charge in [0.1, 0.15) is 6.10 Å². The summed E-state index contributed by atoms with van der Waals surface area (Å²) < 4.78 is 10.9. The van der Waals surface area contributed by atoms with Crippen molar-refractivity contribution in [1.82, 2.24) is 0 Å². The van der Waals surface area contributed by atoms with Crippen LogP contribution in [0.2, 0.25) is 0 Å². The molecule has 2 rings (SSSR count). The van der Waals surface area contributed by atoms with Crippen molar-refractivity contribution in [2.45, 2.75) is 33.0 Å². The van der Waals surface area contributed by atoms with E-state index in [1.165, 1.54) is 5.57 Å². The van der Waals surface area contributed by atoms with Crippen LogP contribution < -0.4 is 0 Å². The summed E-state index contributed by atoms with van der Waals surface area (Å²) in [6.07, 6.45) is 7.09. The maximum atomic E-state index is 5.81. The van der Waals surface area contributed by atoms with E-state index in [0.29, 0.717) is 6.10 Å². The van der Waals surface area contributed by atoms with Crippen molar-refractivity contribution in [3.8, 4) is 0 Å². The number of ether oxygens (including phenoxy) is 2. The van der Waals surface area contributed by atoms with Gasteiger partial charge in [-0.25, -0.2) is 0 Å². The molecule has 0 aromatic carbocycles. The minimum atomic E-state index is 0.105. The summed E-state index contributed by atoms with van der Waals surface area (Å²) in [5.74, 6) is 0. The molecule has 0 saturated carbocycles. The number of epoxide rings is 1. The van der Waals surface area contributed by atoms with Gasteiger partial charge in [0, 0.05) is 5.41 Å². The summed E-state index contributed by atoms with van der Waals surface area (Å²) in [5, 5.41) is 0. The lowest BCUT2D eigenvalue weighted by molar-refractivity contribution is 0.0176. The Morgan fingerprint density at radius 1 is 1.57 bits per heavy atom. The molecule has 1 aliphatic carbocycles. The molecule has 0 radical (unpaired) electrons. The molecule has 2 atom stereocenters. The molecule has 0 aromatic heterocycles. The fourth-order valence-electron chi connectivity index (χ4n) is 1.85. The van der Waals surface area contributed by atoms with Crippen molar-refractivity contribution >= 4 is 0 Å². The summed E-state index contributed by atoms with van der Waals surface area (Å²) in [6.45, 7) is 8.13. The minimum absolute atomic E-state index is 0.105. The third-order valence-corrected chi connectivity index (χ3v) is 2.73. The topological polar surface area (TPSA) is 21.8 Å². The molecule has 0 spiro atoms.